The van der Waals surface area contributed by atoms with Gasteiger partial charge in [0.05, 0.1) is 5.69 Å². The minimum atomic E-state index is -4.59. The smallest absolute Gasteiger partial charge is 0.415 e. The molecule has 7 heteroatoms. The van der Waals surface area contributed by atoms with Crippen molar-refractivity contribution in [2.24, 2.45) is 0 Å². The van der Waals surface area contributed by atoms with Gasteiger partial charge in [0.1, 0.15) is 5.76 Å². The molecule has 0 fully saturated rings. The number of rotatable bonds is 3. The Balaban J connectivity index is 2.51. The van der Waals surface area contributed by atoms with Crippen LogP contribution < -0.4 is 0 Å². The zero-order chi connectivity index (χ0) is 11.6. The Morgan fingerprint density at radius 1 is 1.47 bits per heavy atom. The number of aryl methyl sites for hydroxylation is 2. The van der Waals surface area contributed by atoms with E-state index >= 15 is 0 Å². The molecule has 1 atom stereocenters. The predicted molar refractivity (Wildman–Crippen MR) is 48.8 cm³/mol. The van der Waals surface area contributed by atoms with Crippen LogP contribution in [-0.4, -0.2) is 28.1 Å². The zero-order valence-electron chi connectivity index (χ0n) is 8.13. The Bertz CT molecular complexity index is 318. The van der Waals surface area contributed by atoms with Crippen molar-refractivity contribution >= 4 is 11.8 Å². The maximum absolute atomic E-state index is 11.9. The van der Waals surface area contributed by atoms with Crippen molar-refractivity contribution in [3.63, 3.8) is 0 Å². The number of oxazole rings is 1. The molecule has 3 nitrogen and oxygen atoms in total. The molecular formula is C8H10F3NO2S. The number of alkyl halides is 3. The van der Waals surface area contributed by atoms with Crippen LogP contribution in [0.4, 0.5) is 13.2 Å². The molecule has 0 aromatic carbocycles. The molecule has 0 saturated carbocycles. The van der Waals surface area contributed by atoms with E-state index in [1.165, 1.54) is 0 Å². The third kappa shape index (κ3) is 3.42. The molecule has 0 aliphatic carbocycles. The number of aromatic nitrogens is 1. The number of aliphatic hydroxyl groups excluding tert-OH is 1. The molecule has 1 rings (SSSR count). The molecule has 0 spiro atoms. The second-order valence-corrected chi connectivity index (χ2v) is 3.96. The van der Waals surface area contributed by atoms with Crippen LogP contribution in [0.25, 0.3) is 0 Å². The molecule has 1 heterocycles. The van der Waals surface area contributed by atoms with Crippen molar-refractivity contribution in [1.82, 2.24) is 4.98 Å². The second-order valence-electron chi connectivity index (χ2n) is 2.99. The van der Waals surface area contributed by atoms with Gasteiger partial charge in [0, 0.05) is 5.75 Å². The summed E-state index contributed by atoms with van der Waals surface area (Å²) >= 11 is 0.743. The Labute approximate surface area is 88.7 Å². The van der Waals surface area contributed by atoms with Crippen LogP contribution in [0.1, 0.15) is 11.5 Å². The van der Waals surface area contributed by atoms with E-state index in [1.54, 1.807) is 13.8 Å². The molecule has 15 heavy (non-hydrogen) atoms. The highest BCUT2D eigenvalue weighted by Gasteiger charge is 2.38. The van der Waals surface area contributed by atoms with Crippen molar-refractivity contribution in [2.45, 2.75) is 31.4 Å². The van der Waals surface area contributed by atoms with E-state index < -0.39 is 18.0 Å². The van der Waals surface area contributed by atoms with E-state index in [2.05, 4.69) is 4.98 Å². The number of thioether (sulfide) groups is 1. The van der Waals surface area contributed by atoms with Crippen molar-refractivity contribution < 1.29 is 22.7 Å². The summed E-state index contributed by atoms with van der Waals surface area (Å²) in [5.41, 5.74) is 0.638. The molecule has 1 aromatic heterocycles. The van der Waals surface area contributed by atoms with Crippen LogP contribution in [0, 0.1) is 13.8 Å². The van der Waals surface area contributed by atoms with Gasteiger partial charge in [-0.3, -0.25) is 0 Å². The molecule has 0 bridgehead atoms. The first-order valence-electron chi connectivity index (χ1n) is 4.12. The van der Waals surface area contributed by atoms with Crippen molar-refractivity contribution in [1.29, 1.82) is 0 Å². The van der Waals surface area contributed by atoms with Crippen LogP contribution in [0.5, 0.6) is 0 Å². The quantitative estimate of drug-likeness (QED) is 0.825. The van der Waals surface area contributed by atoms with E-state index in [9.17, 15) is 13.2 Å². The van der Waals surface area contributed by atoms with Crippen molar-refractivity contribution in [2.75, 3.05) is 5.75 Å². The highest BCUT2D eigenvalue weighted by molar-refractivity contribution is 7.99. The number of halogens is 3. The normalized spacial score (nSPS) is 14.3. The first-order chi connectivity index (χ1) is 6.80. The molecule has 1 aromatic rings. The lowest BCUT2D eigenvalue weighted by molar-refractivity contribution is -0.195. The summed E-state index contributed by atoms with van der Waals surface area (Å²) in [7, 11) is 0. The Kier molecular flexibility index (Phi) is 3.67. The van der Waals surface area contributed by atoms with Crippen LogP contribution in [0.3, 0.4) is 0 Å². The molecular weight excluding hydrogens is 231 g/mol. The van der Waals surface area contributed by atoms with Crippen molar-refractivity contribution in [3.8, 4) is 0 Å². The monoisotopic (exact) mass is 241 g/mol. The van der Waals surface area contributed by atoms with Gasteiger partial charge in [-0.1, -0.05) is 11.8 Å². The minimum absolute atomic E-state index is 0.147. The molecule has 0 saturated heterocycles. The minimum Gasteiger partial charge on any atom is -0.437 e. The van der Waals surface area contributed by atoms with Gasteiger partial charge in [0.25, 0.3) is 5.22 Å². The molecule has 1 N–H and O–H groups in total. The largest absolute Gasteiger partial charge is 0.437 e. The van der Waals surface area contributed by atoms with Gasteiger partial charge in [0.15, 0.2) is 6.10 Å². The molecule has 0 aliphatic heterocycles. The van der Waals surface area contributed by atoms with Gasteiger partial charge in [-0.05, 0) is 13.8 Å². The number of hydrogen-bond donors (Lipinski definition) is 1. The average molecular weight is 241 g/mol. The van der Waals surface area contributed by atoms with E-state index in [0.717, 1.165) is 11.8 Å². The lowest BCUT2D eigenvalue weighted by Crippen LogP contribution is -2.30. The maximum atomic E-state index is 11.9. The maximum Gasteiger partial charge on any atom is 0.415 e. The van der Waals surface area contributed by atoms with Gasteiger partial charge in [-0.25, -0.2) is 4.98 Å². The highest BCUT2D eigenvalue weighted by Crippen LogP contribution is 2.27. The molecule has 86 valence electrons. The summed E-state index contributed by atoms with van der Waals surface area (Å²) in [6.07, 6.45) is -6.95. The fourth-order valence-electron chi connectivity index (χ4n) is 0.750. The van der Waals surface area contributed by atoms with Gasteiger partial charge in [-0.2, -0.15) is 13.2 Å². The second kappa shape index (κ2) is 4.44. The van der Waals surface area contributed by atoms with Gasteiger partial charge in [-0.15, -0.1) is 0 Å². The van der Waals surface area contributed by atoms with Crippen LogP contribution >= 0.6 is 11.8 Å². The lowest BCUT2D eigenvalue weighted by atomic mass is 10.4. The van der Waals surface area contributed by atoms with Crippen LogP contribution in [-0.2, 0) is 0 Å². The summed E-state index contributed by atoms with van der Waals surface area (Å²) in [5, 5.41) is 8.85. The Hall–Kier alpha value is -0.690. The highest BCUT2D eigenvalue weighted by atomic mass is 32.2. The SMILES string of the molecule is Cc1nc(SCC(O)C(F)(F)F)oc1C. The van der Waals surface area contributed by atoms with E-state index in [4.69, 9.17) is 9.52 Å². The fourth-order valence-corrected chi connectivity index (χ4v) is 1.62. The van der Waals surface area contributed by atoms with E-state index in [0.29, 0.717) is 11.5 Å². The summed E-state index contributed by atoms with van der Waals surface area (Å²) < 4.78 is 40.8. The first-order valence-corrected chi connectivity index (χ1v) is 5.11. The zero-order valence-corrected chi connectivity index (χ0v) is 8.95. The van der Waals surface area contributed by atoms with Crippen LogP contribution in [0.2, 0.25) is 0 Å². The fraction of sp³-hybridized carbons (Fsp3) is 0.625. The summed E-state index contributed by atoms with van der Waals surface area (Å²) in [4.78, 5) is 3.88. The van der Waals surface area contributed by atoms with Gasteiger partial charge in [0.2, 0.25) is 0 Å². The first kappa shape index (κ1) is 12.4. The summed E-state index contributed by atoms with van der Waals surface area (Å²) in [6.45, 7) is 3.37. The lowest BCUT2D eigenvalue weighted by Gasteiger charge is -2.12. The van der Waals surface area contributed by atoms with Crippen molar-refractivity contribution in [3.05, 3.63) is 11.5 Å². The number of nitrogens with zero attached hydrogens (tertiary/aromatic N) is 1. The molecule has 0 aliphatic rings. The predicted octanol–water partition coefficient (Wildman–Crippen LogP) is 2.31. The third-order valence-corrected chi connectivity index (χ3v) is 2.66. The van der Waals surface area contributed by atoms with Gasteiger partial charge < -0.3 is 9.52 Å². The van der Waals surface area contributed by atoms with E-state index in [1.807, 2.05) is 0 Å². The summed E-state index contributed by atoms with van der Waals surface area (Å²) in [5.74, 6) is 0.0575. The standard InChI is InChI=1S/C8H10F3NO2S/c1-4-5(2)14-7(12-4)15-3-6(13)8(9,10)11/h6,13H,3H2,1-2H3. The van der Waals surface area contributed by atoms with Gasteiger partial charge >= 0.3 is 6.18 Å². The van der Waals surface area contributed by atoms with E-state index in [-0.39, 0.29) is 5.22 Å². The summed E-state index contributed by atoms with van der Waals surface area (Å²) in [6, 6.07) is 0. The Morgan fingerprint density at radius 3 is 2.47 bits per heavy atom. The molecule has 1 unspecified atom stereocenters. The Morgan fingerprint density at radius 2 is 2.07 bits per heavy atom. The topological polar surface area (TPSA) is 46.3 Å². The molecule has 0 amide bonds. The number of hydrogen-bond acceptors (Lipinski definition) is 4. The number of aliphatic hydroxyl groups is 1. The average Bonchev–Trinajstić information content (AvgIpc) is 2.41. The molecule has 0 radical (unpaired) electrons. The third-order valence-electron chi connectivity index (χ3n) is 1.75. The van der Waals surface area contributed by atoms with Crippen LogP contribution in [0.15, 0.2) is 9.64 Å².